The van der Waals surface area contributed by atoms with Gasteiger partial charge in [-0.1, -0.05) is 11.6 Å². The summed E-state index contributed by atoms with van der Waals surface area (Å²) in [5, 5.41) is 17.8. The first-order valence-electron chi connectivity index (χ1n) is 4.43. The van der Waals surface area contributed by atoms with Crippen LogP contribution in [0.5, 0.6) is 5.75 Å². The summed E-state index contributed by atoms with van der Waals surface area (Å²) in [6.45, 7) is 3.57. The largest absolute Gasteiger partial charge is 0.491 e. The van der Waals surface area contributed by atoms with Crippen molar-refractivity contribution in [1.82, 2.24) is 0 Å². The van der Waals surface area contributed by atoms with Gasteiger partial charge in [-0.15, -0.1) is 0 Å². The molecule has 0 aliphatic carbocycles. The first-order chi connectivity index (χ1) is 6.91. The monoisotopic (exact) mass is 232 g/mol. The third-order valence-electron chi connectivity index (χ3n) is 1.69. The number of hydrogen-bond acceptors (Lipinski definition) is 3. The van der Waals surface area contributed by atoms with Crippen LogP contribution in [-0.2, 0) is 0 Å². The zero-order valence-corrected chi connectivity index (χ0v) is 9.12. The first-order valence-corrected chi connectivity index (χ1v) is 4.81. The Morgan fingerprint density at radius 1 is 1.40 bits per heavy atom. The van der Waals surface area contributed by atoms with E-state index in [1.807, 2.05) is 0 Å². The van der Waals surface area contributed by atoms with Crippen molar-refractivity contribution >= 4 is 24.2 Å². The van der Waals surface area contributed by atoms with Crippen LogP contribution in [-0.4, -0.2) is 23.3 Å². The molecule has 0 spiro atoms. The maximum Gasteiger partial charge on any atom is 0.491 e. The molecular formula is C9H11BClFO3. The van der Waals surface area contributed by atoms with Gasteiger partial charge in [-0.2, -0.15) is 0 Å². The summed E-state index contributed by atoms with van der Waals surface area (Å²) in [4.78, 5) is 0. The molecule has 0 unspecified atom stereocenters. The highest BCUT2D eigenvalue weighted by Gasteiger charge is 2.19. The average Bonchev–Trinajstić information content (AvgIpc) is 2.08. The van der Waals surface area contributed by atoms with E-state index in [1.54, 1.807) is 13.8 Å². The van der Waals surface area contributed by atoms with Crippen LogP contribution in [0.15, 0.2) is 12.1 Å². The lowest BCUT2D eigenvalue weighted by molar-refractivity contribution is 0.242. The second kappa shape index (κ2) is 4.83. The lowest BCUT2D eigenvalue weighted by atomic mass is 9.80. The zero-order chi connectivity index (χ0) is 11.6. The van der Waals surface area contributed by atoms with Gasteiger partial charge in [-0.25, -0.2) is 4.39 Å². The number of halogens is 2. The van der Waals surface area contributed by atoms with Crippen LogP contribution in [0.3, 0.4) is 0 Å². The molecule has 3 nitrogen and oxygen atoms in total. The Hall–Kier alpha value is -0.775. The van der Waals surface area contributed by atoms with E-state index in [9.17, 15) is 4.39 Å². The van der Waals surface area contributed by atoms with Gasteiger partial charge in [0.25, 0.3) is 0 Å². The Balaban J connectivity index is 3.11. The van der Waals surface area contributed by atoms with E-state index in [1.165, 1.54) is 6.07 Å². The molecule has 6 heteroatoms. The summed E-state index contributed by atoms with van der Waals surface area (Å²) in [6, 6.07) is 2.18. The summed E-state index contributed by atoms with van der Waals surface area (Å²) >= 11 is 5.72. The van der Waals surface area contributed by atoms with Crippen LogP contribution < -0.4 is 10.2 Å². The van der Waals surface area contributed by atoms with E-state index in [-0.39, 0.29) is 22.3 Å². The maximum atomic E-state index is 13.2. The summed E-state index contributed by atoms with van der Waals surface area (Å²) in [7, 11) is -1.88. The third kappa shape index (κ3) is 3.09. The average molecular weight is 232 g/mol. The number of benzene rings is 1. The summed E-state index contributed by atoms with van der Waals surface area (Å²) in [5.74, 6) is -0.540. The van der Waals surface area contributed by atoms with Gasteiger partial charge in [-0.3, -0.25) is 0 Å². The van der Waals surface area contributed by atoms with Crippen molar-refractivity contribution in [1.29, 1.82) is 0 Å². The maximum absolute atomic E-state index is 13.2. The van der Waals surface area contributed by atoms with E-state index in [0.29, 0.717) is 0 Å². The van der Waals surface area contributed by atoms with Crippen LogP contribution in [0, 0.1) is 5.82 Å². The molecule has 0 saturated heterocycles. The van der Waals surface area contributed by atoms with Crippen molar-refractivity contribution in [3.8, 4) is 5.75 Å². The SMILES string of the molecule is CC(C)Oc1cc(B(O)O)c(F)cc1Cl. The number of rotatable bonds is 3. The van der Waals surface area contributed by atoms with Gasteiger partial charge in [0, 0.05) is 5.46 Å². The second-order valence-electron chi connectivity index (χ2n) is 3.34. The van der Waals surface area contributed by atoms with Crippen molar-refractivity contribution in [2.75, 3.05) is 0 Å². The van der Waals surface area contributed by atoms with E-state index < -0.39 is 12.9 Å². The molecule has 0 radical (unpaired) electrons. The minimum atomic E-state index is -1.88. The van der Waals surface area contributed by atoms with Crippen molar-refractivity contribution < 1.29 is 19.2 Å². The molecule has 0 bridgehead atoms. The van der Waals surface area contributed by atoms with Crippen molar-refractivity contribution in [3.63, 3.8) is 0 Å². The molecule has 1 aromatic carbocycles. The summed E-state index contributed by atoms with van der Waals surface area (Å²) < 4.78 is 18.4. The Bertz CT molecular complexity index is 357. The predicted octanol–water partition coefficient (Wildman–Crippen LogP) is 0.946. The molecule has 1 aromatic rings. The van der Waals surface area contributed by atoms with E-state index >= 15 is 0 Å². The van der Waals surface area contributed by atoms with Gasteiger partial charge in [0.05, 0.1) is 11.1 Å². The Kier molecular flexibility index (Phi) is 3.96. The second-order valence-corrected chi connectivity index (χ2v) is 3.75. The topological polar surface area (TPSA) is 49.7 Å². The zero-order valence-electron chi connectivity index (χ0n) is 8.37. The standard InChI is InChI=1S/C9H11BClFO3/c1-5(2)15-9-3-6(10(13)14)8(12)4-7(9)11/h3-5,13-14H,1-2H3. The molecule has 0 aliphatic rings. The van der Waals surface area contributed by atoms with Crippen molar-refractivity contribution in [2.24, 2.45) is 0 Å². The van der Waals surface area contributed by atoms with Gasteiger partial charge in [0.2, 0.25) is 0 Å². The van der Waals surface area contributed by atoms with Gasteiger partial charge >= 0.3 is 7.12 Å². The highest BCUT2D eigenvalue weighted by atomic mass is 35.5. The lowest BCUT2D eigenvalue weighted by Crippen LogP contribution is -2.33. The molecule has 2 N–H and O–H groups in total. The van der Waals surface area contributed by atoms with Gasteiger partial charge < -0.3 is 14.8 Å². The molecule has 15 heavy (non-hydrogen) atoms. The molecule has 0 atom stereocenters. The Labute approximate surface area is 92.6 Å². The molecule has 82 valence electrons. The van der Waals surface area contributed by atoms with Crippen LogP contribution in [0.25, 0.3) is 0 Å². The van der Waals surface area contributed by atoms with Crippen LogP contribution in [0.1, 0.15) is 13.8 Å². The van der Waals surface area contributed by atoms with Crippen molar-refractivity contribution in [2.45, 2.75) is 20.0 Å². The first kappa shape index (κ1) is 12.3. The smallest absolute Gasteiger partial charge is 0.489 e. The molecule has 0 aliphatic heterocycles. The van der Waals surface area contributed by atoms with Gasteiger partial charge in [-0.05, 0) is 26.0 Å². The summed E-state index contributed by atoms with van der Waals surface area (Å²) in [6.07, 6.45) is -0.128. The minimum absolute atomic E-state index is 0.102. The lowest BCUT2D eigenvalue weighted by Gasteiger charge is -2.13. The van der Waals surface area contributed by atoms with Crippen LogP contribution in [0.4, 0.5) is 4.39 Å². The highest BCUT2D eigenvalue weighted by molar-refractivity contribution is 6.58. The Morgan fingerprint density at radius 3 is 2.47 bits per heavy atom. The number of hydrogen-bond donors (Lipinski definition) is 2. The molecule has 1 rings (SSSR count). The molecule has 0 saturated carbocycles. The van der Waals surface area contributed by atoms with E-state index in [0.717, 1.165) is 6.07 Å². The van der Waals surface area contributed by atoms with Crippen LogP contribution >= 0.6 is 11.6 Å². The van der Waals surface area contributed by atoms with Crippen molar-refractivity contribution in [3.05, 3.63) is 23.0 Å². The summed E-state index contributed by atoms with van der Waals surface area (Å²) in [5.41, 5.74) is -0.255. The molecule has 0 heterocycles. The van der Waals surface area contributed by atoms with E-state index in [4.69, 9.17) is 26.4 Å². The third-order valence-corrected chi connectivity index (χ3v) is 1.99. The fraction of sp³-hybridized carbons (Fsp3) is 0.333. The fourth-order valence-electron chi connectivity index (χ4n) is 1.09. The molecule has 0 amide bonds. The minimum Gasteiger partial charge on any atom is -0.489 e. The van der Waals surface area contributed by atoms with Crippen LogP contribution in [0.2, 0.25) is 5.02 Å². The molecule has 0 fully saturated rings. The van der Waals surface area contributed by atoms with Gasteiger partial charge in [0.15, 0.2) is 0 Å². The van der Waals surface area contributed by atoms with E-state index in [2.05, 4.69) is 0 Å². The quantitative estimate of drug-likeness (QED) is 0.763. The normalized spacial score (nSPS) is 10.6. The fourth-order valence-corrected chi connectivity index (χ4v) is 1.28. The molecular weight excluding hydrogens is 221 g/mol. The highest BCUT2D eigenvalue weighted by Crippen LogP contribution is 2.25. The molecule has 0 aromatic heterocycles. The number of ether oxygens (including phenoxy) is 1. The predicted molar refractivity (Wildman–Crippen MR) is 57.0 cm³/mol. The Morgan fingerprint density at radius 2 is 2.00 bits per heavy atom. The van der Waals surface area contributed by atoms with Gasteiger partial charge in [0.1, 0.15) is 11.6 Å².